The number of aromatic nitrogens is 5. The number of hydrogen-bond donors (Lipinski definition) is 1. The van der Waals surface area contributed by atoms with E-state index in [0.29, 0.717) is 22.9 Å². The van der Waals surface area contributed by atoms with Crippen molar-refractivity contribution in [2.75, 3.05) is 19.0 Å². The van der Waals surface area contributed by atoms with Crippen molar-refractivity contribution >= 4 is 17.7 Å². The monoisotopic (exact) mass is 264 g/mol. The van der Waals surface area contributed by atoms with Crippen LogP contribution in [0.15, 0.2) is 28.8 Å². The summed E-state index contributed by atoms with van der Waals surface area (Å²) in [5.74, 6) is 0.451. The Morgan fingerprint density at radius 2 is 1.94 bits per heavy atom. The Morgan fingerprint density at radius 3 is 2.61 bits per heavy atom. The molecule has 0 unspecified atom stereocenters. The molecular formula is C10H12N6OS. The standard InChI is InChI=1S/C10H12N6OS/c1-3-17-8-14-7(11-2)15-10(16-8)18-9-12-5-4-6-13-9/h4-6H,3H2,1-2H3,(H,11,14,15,16). The number of rotatable bonds is 5. The third-order valence-corrected chi connectivity index (χ3v) is 2.57. The first-order valence-electron chi connectivity index (χ1n) is 5.33. The van der Waals surface area contributed by atoms with Gasteiger partial charge in [-0.25, -0.2) is 9.97 Å². The van der Waals surface area contributed by atoms with Crippen LogP contribution in [0.3, 0.4) is 0 Å². The fraction of sp³-hybridized carbons (Fsp3) is 0.300. The molecule has 0 aliphatic heterocycles. The van der Waals surface area contributed by atoms with Crippen LogP contribution in [0.2, 0.25) is 0 Å². The molecule has 0 aromatic carbocycles. The molecule has 0 radical (unpaired) electrons. The second-order valence-electron chi connectivity index (χ2n) is 3.04. The number of nitrogens with one attached hydrogen (secondary N) is 1. The van der Waals surface area contributed by atoms with Crippen LogP contribution in [0.5, 0.6) is 6.01 Å². The van der Waals surface area contributed by atoms with E-state index in [9.17, 15) is 0 Å². The minimum absolute atomic E-state index is 0.287. The quantitative estimate of drug-likeness (QED) is 0.808. The van der Waals surface area contributed by atoms with E-state index in [4.69, 9.17) is 4.74 Å². The van der Waals surface area contributed by atoms with Gasteiger partial charge in [-0.05, 0) is 24.8 Å². The lowest BCUT2D eigenvalue weighted by Gasteiger charge is -2.05. The molecule has 2 aromatic heterocycles. The van der Waals surface area contributed by atoms with Crippen LogP contribution in [0.25, 0.3) is 0 Å². The Labute approximate surface area is 108 Å². The van der Waals surface area contributed by atoms with Gasteiger partial charge in [-0.2, -0.15) is 15.0 Å². The van der Waals surface area contributed by atoms with Gasteiger partial charge in [0.05, 0.1) is 6.61 Å². The summed E-state index contributed by atoms with van der Waals surface area (Å²) >= 11 is 1.25. The molecule has 0 amide bonds. The average molecular weight is 264 g/mol. The van der Waals surface area contributed by atoms with Gasteiger partial charge in [0.25, 0.3) is 0 Å². The third kappa shape index (κ3) is 3.27. The Bertz CT molecular complexity index is 509. The molecule has 7 nitrogen and oxygen atoms in total. The molecule has 1 N–H and O–H groups in total. The first kappa shape index (κ1) is 12.5. The van der Waals surface area contributed by atoms with E-state index in [1.54, 1.807) is 25.5 Å². The summed E-state index contributed by atoms with van der Waals surface area (Å²) in [6, 6.07) is 2.04. The van der Waals surface area contributed by atoms with E-state index < -0.39 is 0 Å². The lowest BCUT2D eigenvalue weighted by atomic mass is 10.7. The molecule has 18 heavy (non-hydrogen) atoms. The molecule has 0 saturated heterocycles. The minimum atomic E-state index is 0.287. The normalized spacial score (nSPS) is 10.1. The van der Waals surface area contributed by atoms with Crippen molar-refractivity contribution < 1.29 is 4.74 Å². The Morgan fingerprint density at radius 1 is 1.17 bits per heavy atom. The summed E-state index contributed by atoms with van der Waals surface area (Å²) in [5, 5.41) is 3.92. The number of anilines is 1. The number of nitrogens with zero attached hydrogens (tertiary/aromatic N) is 5. The fourth-order valence-corrected chi connectivity index (χ4v) is 1.76. The van der Waals surface area contributed by atoms with Gasteiger partial charge in [0.1, 0.15) is 0 Å². The Hall–Kier alpha value is -1.96. The van der Waals surface area contributed by atoms with E-state index in [1.807, 2.05) is 6.92 Å². The molecule has 0 atom stereocenters. The highest BCUT2D eigenvalue weighted by Gasteiger charge is 2.09. The smallest absolute Gasteiger partial charge is 0.322 e. The van der Waals surface area contributed by atoms with Gasteiger partial charge in [-0.1, -0.05) is 0 Å². The van der Waals surface area contributed by atoms with Crippen molar-refractivity contribution in [3.63, 3.8) is 0 Å². The van der Waals surface area contributed by atoms with Gasteiger partial charge < -0.3 is 10.1 Å². The van der Waals surface area contributed by atoms with Crippen LogP contribution < -0.4 is 10.1 Å². The summed E-state index contributed by atoms with van der Waals surface area (Å²) in [7, 11) is 1.73. The lowest BCUT2D eigenvalue weighted by Crippen LogP contribution is -2.04. The molecule has 0 aliphatic carbocycles. The van der Waals surface area contributed by atoms with Crippen LogP contribution in [0.4, 0.5) is 5.95 Å². The highest BCUT2D eigenvalue weighted by atomic mass is 32.2. The van der Waals surface area contributed by atoms with Crippen LogP contribution in [0, 0.1) is 0 Å². The van der Waals surface area contributed by atoms with Gasteiger partial charge in [0.15, 0.2) is 5.16 Å². The maximum Gasteiger partial charge on any atom is 0.322 e. The number of hydrogen-bond acceptors (Lipinski definition) is 8. The molecule has 0 aliphatic rings. The summed E-state index contributed by atoms with van der Waals surface area (Å²) in [6.07, 6.45) is 3.33. The molecule has 0 spiro atoms. The van der Waals surface area contributed by atoms with E-state index in [-0.39, 0.29) is 6.01 Å². The Kier molecular flexibility index (Phi) is 4.24. The zero-order valence-electron chi connectivity index (χ0n) is 9.99. The van der Waals surface area contributed by atoms with Gasteiger partial charge >= 0.3 is 6.01 Å². The van der Waals surface area contributed by atoms with Crippen LogP contribution in [-0.4, -0.2) is 38.6 Å². The topological polar surface area (TPSA) is 85.7 Å². The molecule has 2 rings (SSSR count). The van der Waals surface area contributed by atoms with E-state index in [1.165, 1.54) is 11.8 Å². The molecule has 0 fully saturated rings. The summed E-state index contributed by atoms with van der Waals surface area (Å²) in [6.45, 7) is 2.37. The second-order valence-corrected chi connectivity index (χ2v) is 3.98. The van der Waals surface area contributed by atoms with E-state index in [2.05, 4.69) is 30.2 Å². The molecule has 94 valence electrons. The predicted molar refractivity (Wildman–Crippen MR) is 66.7 cm³/mol. The van der Waals surface area contributed by atoms with E-state index >= 15 is 0 Å². The summed E-state index contributed by atoms with van der Waals surface area (Å²) in [4.78, 5) is 20.6. The average Bonchev–Trinajstić information content (AvgIpc) is 2.40. The molecule has 2 heterocycles. The fourth-order valence-electron chi connectivity index (χ4n) is 1.11. The molecular weight excluding hydrogens is 252 g/mol. The van der Waals surface area contributed by atoms with Crippen molar-refractivity contribution in [3.05, 3.63) is 18.5 Å². The van der Waals surface area contributed by atoms with Gasteiger partial charge in [-0.3, -0.25) is 0 Å². The SMILES string of the molecule is CCOc1nc(NC)nc(Sc2ncccn2)n1. The highest BCUT2D eigenvalue weighted by Crippen LogP contribution is 2.22. The molecule has 0 bridgehead atoms. The van der Waals surface area contributed by atoms with Crippen molar-refractivity contribution in [2.24, 2.45) is 0 Å². The van der Waals surface area contributed by atoms with Crippen LogP contribution in [-0.2, 0) is 0 Å². The van der Waals surface area contributed by atoms with Crippen molar-refractivity contribution in [1.82, 2.24) is 24.9 Å². The first-order valence-corrected chi connectivity index (χ1v) is 6.15. The van der Waals surface area contributed by atoms with Gasteiger partial charge in [-0.15, -0.1) is 0 Å². The summed E-state index contributed by atoms with van der Waals surface area (Å²) in [5.41, 5.74) is 0. The zero-order chi connectivity index (χ0) is 12.8. The maximum absolute atomic E-state index is 5.27. The third-order valence-electron chi connectivity index (χ3n) is 1.82. The second kappa shape index (κ2) is 6.10. The van der Waals surface area contributed by atoms with Crippen molar-refractivity contribution in [3.8, 4) is 6.01 Å². The molecule has 8 heteroatoms. The van der Waals surface area contributed by atoms with Gasteiger partial charge in [0, 0.05) is 19.4 Å². The lowest BCUT2D eigenvalue weighted by molar-refractivity contribution is 0.308. The minimum Gasteiger partial charge on any atom is -0.464 e. The van der Waals surface area contributed by atoms with E-state index in [0.717, 1.165) is 0 Å². The highest BCUT2D eigenvalue weighted by molar-refractivity contribution is 7.99. The maximum atomic E-state index is 5.27. The van der Waals surface area contributed by atoms with Gasteiger partial charge in [0.2, 0.25) is 11.1 Å². The van der Waals surface area contributed by atoms with Crippen molar-refractivity contribution in [1.29, 1.82) is 0 Å². The largest absolute Gasteiger partial charge is 0.464 e. The van der Waals surface area contributed by atoms with Crippen molar-refractivity contribution in [2.45, 2.75) is 17.2 Å². The predicted octanol–water partition coefficient (Wildman–Crippen LogP) is 1.25. The molecule has 0 saturated carbocycles. The Balaban J connectivity index is 2.24. The summed E-state index contributed by atoms with van der Waals surface area (Å²) < 4.78 is 5.27. The van der Waals surface area contributed by atoms with Crippen LogP contribution >= 0.6 is 11.8 Å². The first-order chi connectivity index (χ1) is 8.81. The zero-order valence-corrected chi connectivity index (χ0v) is 10.8. The molecule has 2 aromatic rings. The number of ether oxygens (including phenoxy) is 1. The van der Waals surface area contributed by atoms with Crippen LogP contribution in [0.1, 0.15) is 6.92 Å².